The highest BCUT2D eigenvalue weighted by Crippen LogP contribution is 2.18. The van der Waals surface area contributed by atoms with Crippen LogP contribution in [0.1, 0.15) is 45.3 Å². The van der Waals surface area contributed by atoms with Crippen LogP contribution < -0.4 is 0 Å². The molecule has 0 radical (unpaired) electrons. The molecule has 0 aliphatic rings. The SMILES string of the molecule is CCCC(O)c1ccn(CC(=O)OC(C)C)c1. The van der Waals surface area contributed by atoms with Gasteiger partial charge in [0.05, 0.1) is 12.2 Å². The standard InChI is InChI=1S/C13H21NO3/c1-4-5-12(15)11-6-7-14(8-11)9-13(16)17-10(2)3/h6-8,10,12,15H,4-5,9H2,1-3H3. The molecule has 1 atom stereocenters. The van der Waals surface area contributed by atoms with Crippen molar-refractivity contribution in [2.45, 2.75) is 52.4 Å². The summed E-state index contributed by atoms with van der Waals surface area (Å²) in [6, 6.07) is 1.84. The van der Waals surface area contributed by atoms with E-state index < -0.39 is 6.10 Å². The predicted octanol–water partition coefficient (Wildman–Crippen LogP) is 2.27. The van der Waals surface area contributed by atoms with Crippen LogP contribution in [0.2, 0.25) is 0 Å². The molecule has 1 N–H and O–H groups in total. The van der Waals surface area contributed by atoms with Crippen LogP contribution in [0.3, 0.4) is 0 Å². The highest BCUT2D eigenvalue weighted by atomic mass is 16.5. The fourth-order valence-electron chi connectivity index (χ4n) is 1.64. The number of nitrogens with zero attached hydrogens (tertiary/aromatic N) is 1. The molecule has 0 aliphatic heterocycles. The largest absolute Gasteiger partial charge is 0.462 e. The third-order valence-electron chi connectivity index (χ3n) is 2.40. The van der Waals surface area contributed by atoms with Gasteiger partial charge in [-0.15, -0.1) is 0 Å². The summed E-state index contributed by atoms with van der Waals surface area (Å²) >= 11 is 0. The van der Waals surface area contributed by atoms with E-state index in [1.165, 1.54) is 0 Å². The first-order chi connectivity index (χ1) is 8.02. The van der Waals surface area contributed by atoms with Gasteiger partial charge in [0.15, 0.2) is 0 Å². The van der Waals surface area contributed by atoms with E-state index in [4.69, 9.17) is 4.74 Å². The van der Waals surface area contributed by atoms with Crippen LogP contribution in [-0.2, 0) is 16.1 Å². The molecule has 17 heavy (non-hydrogen) atoms. The molecule has 0 aromatic carbocycles. The van der Waals surface area contributed by atoms with E-state index in [1.54, 1.807) is 17.0 Å². The fraction of sp³-hybridized carbons (Fsp3) is 0.615. The van der Waals surface area contributed by atoms with Crippen LogP contribution in [0.25, 0.3) is 0 Å². The predicted molar refractivity (Wildman–Crippen MR) is 65.5 cm³/mol. The molecule has 1 rings (SSSR count). The van der Waals surface area contributed by atoms with Crippen molar-refractivity contribution >= 4 is 5.97 Å². The zero-order valence-electron chi connectivity index (χ0n) is 10.7. The molecular formula is C13H21NO3. The number of carbonyl (C=O) groups excluding carboxylic acids is 1. The summed E-state index contributed by atoms with van der Waals surface area (Å²) in [7, 11) is 0. The number of ether oxygens (including phenoxy) is 1. The van der Waals surface area contributed by atoms with Crippen molar-refractivity contribution in [1.82, 2.24) is 4.57 Å². The van der Waals surface area contributed by atoms with E-state index in [0.717, 1.165) is 18.4 Å². The fourth-order valence-corrected chi connectivity index (χ4v) is 1.64. The second kappa shape index (κ2) is 6.45. The highest BCUT2D eigenvalue weighted by Gasteiger charge is 2.10. The van der Waals surface area contributed by atoms with Crippen molar-refractivity contribution in [3.8, 4) is 0 Å². The molecule has 1 aromatic rings. The third kappa shape index (κ3) is 4.61. The summed E-state index contributed by atoms with van der Waals surface area (Å²) in [6.07, 6.45) is 4.71. The van der Waals surface area contributed by atoms with E-state index >= 15 is 0 Å². The molecule has 0 fully saturated rings. The average Bonchev–Trinajstić information content (AvgIpc) is 2.65. The van der Waals surface area contributed by atoms with Crippen molar-refractivity contribution in [2.24, 2.45) is 0 Å². The van der Waals surface area contributed by atoms with Crippen molar-refractivity contribution in [3.05, 3.63) is 24.0 Å². The van der Waals surface area contributed by atoms with Gasteiger partial charge < -0.3 is 14.4 Å². The Kier molecular flexibility index (Phi) is 5.22. The molecule has 4 heteroatoms. The van der Waals surface area contributed by atoms with Crippen LogP contribution in [0, 0.1) is 0 Å². The lowest BCUT2D eigenvalue weighted by molar-refractivity contribution is -0.148. The number of aliphatic hydroxyl groups excluding tert-OH is 1. The van der Waals surface area contributed by atoms with Crippen LogP contribution in [0.5, 0.6) is 0 Å². The zero-order valence-corrected chi connectivity index (χ0v) is 10.7. The molecule has 1 aromatic heterocycles. The minimum absolute atomic E-state index is 0.0942. The molecular weight excluding hydrogens is 218 g/mol. The normalized spacial score (nSPS) is 12.8. The lowest BCUT2D eigenvalue weighted by atomic mass is 10.1. The Morgan fingerprint density at radius 1 is 1.53 bits per heavy atom. The summed E-state index contributed by atoms with van der Waals surface area (Å²) in [5.74, 6) is -0.257. The molecule has 1 unspecified atom stereocenters. The average molecular weight is 239 g/mol. The number of rotatable bonds is 6. The Balaban J connectivity index is 2.53. The quantitative estimate of drug-likeness (QED) is 0.775. The van der Waals surface area contributed by atoms with Gasteiger partial charge in [-0.25, -0.2) is 0 Å². The van der Waals surface area contributed by atoms with Crippen molar-refractivity contribution < 1.29 is 14.6 Å². The molecule has 0 bridgehead atoms. The van der Waals surface area contributed by atoms with Crippen molar-refractivity contribution in [2.75, 3.05) is 0 Å². The van der Waals surface area contributed by atoms with Gasteiger partial charge in [0.25, 0.3) is 0 Å². The van der Waals surface area contributed by atoms with Gasteiger partial charge in [-0.2, -0.15) is 0 Å². The first-order valence-electron chi connectivity index (χ1n) is 6.06. The smallest absolute Gasteiger partial charge is 0.326 e. The summed E-state index contributed by atoms with van der Waals surface area (Å²) in [5, 5.41) is 9.78. The number of esters is 1. The lowest BCUT2D eigenvalue weighted by Crippen LogP contribution is -2.16. The molecule has 0 amide bonds. The highest BCUT2D eigenvalue weighted by molar-refractivity contribution is 5.69. The summed E-state index contributed by atoms with van der Waals surface area (Å²) < 4.78 is 6.78. The van der Waals surface area contributed by atoms with Gasteiger partial charge in [-0.05, 0) is 31.9 Å². The zero-order chi connectivity index (χ0) is 12.8. The van der Waals surface area contributed by atoms with Gasteiger partial charge >= 0.3 is 5.97 Å². The van der Waals surface area contributed by atoms with Crippen LogP contribution in [-0.4, -0.2) is 21.7 Å². The lowest BCUT2D eigenvalue weighted by Gasteiger charge is -2.09. The minimum Gasteiger partial charge on any atom is -0.462 e. The van der Waals surface area contributed by atoms with Crippen LogP contribution >= 0.6 is 0 Å². The van der Waals surface area contributed by atoms with Crippen molar-refractivity contribution in [3.63, 3.8) is 0 Å². The van der Waals surface area contributed by atoms with Crippen LogP contribution in [0.4, 0.5) is 0 Å². The third-order valence-corrected chi connectivity index (χ3v) is 2.40. The molecule has 4 nitrogen and oxygen atoms in total. The van der Waals surface area contributed by atoms with Gasteiger partial charge in [0.2, 0.25) is 0 Å². The van der Waals surface area contributed by atoms with Gasteiger partial charge in [-0.3, -0.25) is 4.79 Å². The number of carbonyl (C=O) groups is 1. The maximum atomic E-state index is 11.4. The monoisotopic (exact) mass is 239 g/mol. The van der Waals surface area contributed by atoms with Crippen molar-refractivity contribution in [1.29, 1.82) is 0 Å². The number of aliphatic hydroxyl groups is 1. The number of hydrogen-bond acceptors (Lipinski definition) is 3. The van der Waals surface area contributed by atoms with E-state index in [2.05, 4.69) is 0 Å². The Labute approximate surface area is 102 Å². The molecule has 96 valence electrons. The molecule has 0 spiro atoms. The topological polar surface area (TPSA) is 51.5 Å². The summed E-state index contributed by atoms with van der Waals surface area (Å²) in [6.45, 7) is 5.87. The van der Waals surface area contributed by atoms with Crippen LogP contribution in [0.15, 0.2) is 18.5 Å². The second-order valence-corrected chi connectivity index (χ2v) is 4.46. The maximum Gasteiger partial charge on any atom is 0.326 e. The first-order valence-corrected chi connectivity index (χ1v) is 6.06. The molecule has 1 heterocycles. The summed E-state index contributed by atoms with van der Waals surface area (Å²) in [5.41, 5.74) is 0.851. The Hall–Kier alpha value is -1.29. The number of aromatic nitrogens is 1. The first kappa shape index (κ1) is 13.8. The van der Waals surface area contributed by atoms with Gasteiger partial charge in [0.1, 0.15) is 6.54 Å². The van der Waals surface area contributed by atoms with E-state index in [1.807, 2.05) is 26.8 Å². The Bertz CT molecular complexity index is 357. The van der Waals surface area contributed by atoms with E-state index in [9.17, 15) is 9.90 Å². The van der Waals surface area contributed by atoms with Gasteiger partial charge in [-0.1, -0.05) is 13.3 Å². The van der Waals surface area contributed by atoms with E-state index in [-0.39, 0.29) is 18.6 Å². The number of hydrogen-bond donors (Lipinski definition) is 1. The van der Waals surface area contributed by atoms with E-state index in [0.29, 0.717) is 0 Å². The molecule has 0 saturated heterocycles. The maximum absolute atomic E-state index is 11.4. The second-order valence-electron chi connectivity index (χ2n) is 4.46. The Morgan fingerprint density at radius 3 is 2.82 bits per heavy atom. The molecule has 0 aliphatic carbocycles. The Morgan fingerprint density at radius 2 is 2.24 bits per heavy atom. The minimum atomic E-state index is -0.442. The molecule has 0 saturated carbocycles. The van der Waals surface area contributed by atoms with Gasteiger partial charge in [0, 0.05) is 12.4 Å². The summed E-state index contributed by atoms with van der Waals surface area (Å²) in [4.78, 5) is 11.4.